The van der Waals surface area contributed by atoms with Crippen molar-refractivity contribution in [1.29, 1.82) is 0 Å². The first-order chi connectivity index (χ1) is 18.2. The van der Waals surface area contributed by atoms with Crippen molar-refractivity contribution in [2.45, 2.75) is 69.2 Å². The Labute approximate surface area is 221 Å². The van der Waals surface area contributed by atoms with E-state index in [4.69, 9.17) is 5.73 Å². The number of β-amino-alcohol motifs (C(OH)–C–C–N with tert-alkyl or cyclic N) is 1. The number of likely N-dealkylation sites (tertiary alicyclic amines) is 1. The molecule has 1 aliphatic carbocycles. The van der Waals surface area contributed by atoms with Gasteiger partial charge in [-0.25, -0.2) is 0 Å². The minimum Gasteiger partial charge on any atom is -0.391 e. The van der Waals surface area contributed by atoms with Crippen LogP contribution in [0.2, 0.25) is 0 Å². The number of hydrogen-bond acceptors (Lipinski definition) is 6. The molecule has 10 nitrogen and oxygen atoms in total. The molecule has 0 bridgehead atoms. The van der Waals surface area contributed by atoms with Crippen molar-refractivity contribution in [3.63, 3.8) is 0 Å². The van der Waals surface area contributed by atoms with Crippen molar-refractivity contribution in [3.8, 4) is 0 Å². The lowest BCUT2D eigenvalue weighted by molar-refractivity contribution is -0.140. The Hall–Kier alpha value is -3.50. The van der Waals surface area contributed by atoms with E-state index in [1.165, 1.54) is 4.90 Å². The number of carbonyl (C=O) groups excluding carboxylic acids is 4. The van der Waals surface area contributed by atoms with Crippen LogP contribution in [0.15, 0.2) is 42.5 Å². The highest BCUT2D eigenvalue weighted by Gasteiger charge is 2.42. The zero-order valence-electron chi connectivity index (χ0n) is 21.3. The lowest BCUT2D eigenvalue weighted by Gasteiger charge is -2.31. The first-order valence-corrected chi connectivity index (χ1v) is 13.3. The van der Waals surface area contributed by atoms with E-state index in [-0.39, 0.29) is 24.8 Å². The fraction of sp³-hybridized carbons (Fsp3) is 0.500. The van der Waals surface area contributed by atoms with Crippen molar-refractivity contribution in [2.24, 2.45) is 11.7 Å². The van der Waals surface area contributed by atoms with Gasteiger partial charge in [-0.1, -0.05) is 62.4 Å². The van der Waals surface area contributed by atoms with Crippen LogP contribution in [-0.2, 0) is 14.4 Å². The highest BCUT2D eigenvalue weighted by Crippen LogP contribution is 2.29. The van der Waals surface area contributed by atoms with Crippen LogP contribution in [0, 0.1) is 5.92 Å². The Morgan fingerprint density at radius 3 is 2.45 bits per heavy atom. The van der Waals surface area contributed by atoms with Gasteiger partial charge < -0.3 is 31.5 Å². The van der Waals surface area contributed by atoms with Crippen molar-refractivity contribution in [1.82, 2.24) is 15.5 Å². The standard InChI is InChI=1S/C28H36N4O6/c29-25(35)24(34)15-30-27(37)23-14-21(33)16-32(23)28(38)22(12-17-6-2-1-3-7-17)31-26(36)20-11-10-18-8-4-5-9-19(18)13-20/h4-5,8-11,13,17,21-24,33-34H,1-3,6-7,12,14-16H2,(H2,29,35)(H,30,37)(H,31,36)/t21-,22-,23+,24?/m1/s1. The summed E-state index contributed by atoms with van der Waals surface area (Å²) in [6.45, 7) is -0.449. The summed E-state index contributed by atoms with van der Waals surface area (Å²) in [5.74, 6) is -2.13. The Balaban J connectivity index is 1.52. The molecule has 0 spiro atoms. The molecule has 0 aromatic heterocycles. The van der Waals surface area contributed by atoms with E-state index in [1.807, 2.05) is 30.3 Å². The number of aliphatic hydroxyl groups is 2. The molecule has 4 atom stereocenters. The van der Waals surface area contributed by atoms with Gasteiger partial charge in [-0.15, -0.1) is 0 Å². The van der Waals surface area contributed by atoms with Crippen molar-refractivity contribution < 1.29 is 29.4 Å². The Morgan fingerprint density at radius 1 is 1.03 bits per heavy atom. The van der Waals surface area contributed by atoms with Crippen LogP contribution >= 0.6 is 0 Å². The van der Waals surface area contributed by atoms with Gasteiger partial charge in [0.05, 0.1) is 12.6 Å². The summed E-state index contributed by atoms with van der Waals surface area (Å²) in [6.07, 6.45) is 3.20. The normalized spacial score (nSPS) is 21.6. The fourth-order valence-corrected chi connectivity index (χ4v) is 5.47. The Morgan fingerprint density at radius 2 is 1.74 bits per heavy atom. The van der Waals surface area contributed by atoms with Gasteiger partial charge in [0, 0.05) is 18.5 Å². The number of amides is 4. The molecule has 1 aliphatic heterocycles. The monoisotopic (exact) mass is 524 g/mol. The van der Waals surface area contributed by atoms with Crippen LogP contribution < -0.4 is 16.4 Å². The summed E-state index contributed by atoms with van der Waals surface area (Å²) < 4.78 is 0. The average molecular weight is 525 g/mol. The predicted molar refractivity (Wildman–Crippen MR) is 141 cm³/mol. The highest BCUT2D eigenvalue weighted by atomic mass is 16.3. The number of aliphatic hydroxyl groups excluding tert-OH is 2. The molecule has 2 fully saturated rings. The molecule has 2 aromatic rings. The molecule has 204 valence electrons. The van der Waals surface area contributed by atoms with E-state index in [9.17, 15) is 29.4 Å². The molecule has 0 radical (unpaired) electrons. The second-order valence-electron chi connectivity index (χ2n) is 10.4. The van der Waals surface area contributed by atoms with E-state index < -0.39 is 48.6 Å². The van der Waals surface area contributed by atoms with Gasteiger partial charge in [0.1, 0.15) is 18.2 Å². The number of benzene rings is 2. The van der Waals surface area contributed by atoms with Crippen LogP contribution in [0.1, 0.15) is 55.3 Å². The van der Waals surface area contributed by atoms with Gasteiger partial charge >= 0.3 is 0 Å². The Kier molecular flexibility index (Phi) is 8.96. The molecule has 2 aliphatic rings. The average Bonchev–Trinajstić information content (AvgIpc) is 3.32. The highest BCUT2D eigenvalue weighted by molar-refractivity contribution is 6.01. The molecular weight excluding hydrogens is 488 g/mol. The van der Waals surface area contributed by atoms with Gasteiger partial charge in [0.25, 0.3) is 5.91 Å². The van der Waals surface area contributed by atoms with Crippen molar-refractivity contribution >= 4 is 34.4 Å². The maximum Gasteiger partial charge on any atom is 0.251 e. The SMILES string of the molecule is NC(=O)C(O)CNC(=O)[C@@H]1C[C@@H](O)CN1C(=O)[C@@H](CC1CCCCC1)NC(=O)c1ccc2ccccc2c1. The Bertz CT molecular complexity index is 1180. The number of rotatable bonds is 9. The zero-order valence-corrected chi connectivity index (χ0v) is 21.3. The number of hydrogen-bond donors (Lipinski definition) is 5. The first-order valence-electron chi connectivity index (χ1n) is 13.3. The molecular formula is C28H36N4O6. The van der Waals surface area contributed by atoms with E-state index >= 15 is 0 Å². The van der Waals surface area contributed by atoms with Gasteiger partial charge in [0.2, 0.25) is 17.7 Å². The van der Waals surface area contributed by atoms with Gasteiger partial charge in [-0.3, -0.25) is 19.2 Å². The van der Waals surface area contributed by atoms with Crippen LogP contribution in [0.4, 0.5) is 0 Å². The summed E-state index contributed by atoms with van der Waals surface area (Å²) >= 11 is 0. The quantitative estimate of drug-likeness (QED) is 0.326. The second-order valence-corrected chi connectivity index (χ2v) is 10.4. The molecule has 10 heteroatoms. The summed E-state index contributed by atoms with van der Waals surface area (Å²) in [6, 6.07) is 11.2. The maximum atomic E-state index is 13.8. The molecule has 38 heavy (non-hydrogen) atoms. The van der Waals surface area contributed by atoms with Crippen molar-refractivity contribution in [2.75, 3.05) is 13.1 Å². The number of primary amides is 1. The lowest BCUT2D eigenvalue weighted by Crippen LogP contribution is -2.55. The lowest BCUT2D eigenvalue weighted by atomic mass is 9.84. The smallest absolute Gasteiger partial charge is 0.251 e. The van der Waals surface area contributed by atoms with Gasteiger partial charge in [-0.05, 0) is 35.2 Å². The summed E-state index contributed by atoms with van der Waals surface area (Å²) in [5, 5.41) is 27.2. The summed E-state index contributed by atoms with van der Waals surface area (Å²) in [4.78, 5) is 52.3. The second kappa shape index (κ2) is 12.4. The van der Waals surface area contributed by atoms with Gasteiger partial charge in [0.15, 0.2) is 0 Å². The molecule has 6 N–H and O–H groups in total. The third-order valence-electron chi connectivity index (χ3n) is 7.57. The number of nitrogens with zero attached hydrogens (tertiary/aromatic N) is 1. The molecule has 4 rings (SSSR count). The molecule has 1 heterocycles. The van der Waals surface area contributed by atoms with Crippen molar-refractivity contribution in [3.05, 3.63) is 48.0 Å². The number of nitrogens with one attached hydrogen (secondary N) is 2. The first kappa shape index (κ1) is 27.5. The number of carbonyl (C=O) groups is 4. The minimum absolute atomic E-state index is 0.0129. The molecule has 2 aromatic carbocycles. The third-order valence-corrected chi connectivity index (χ3v) is 7.57. The number of fused-ring (bicyclic) bond motifs is 1. The van der Waals surface area contributed by atoms with E-state index in [0.717, 1.165) is 42.9 Å². The summed E-state index contributed by atoms with van der Waals surface area (Å²) in [5.41, 5.74) is 5.47. The zero-order chi connectivity index (χ0) is 27.2. The van der Waals surface area contributed by atoms with Crippen LogP contribution in [-0.4, -0.2) is 76.1 Å². The predicted octanol–water partition coefficient (Wildman–Crippen LogP) is 0.833. The topological polar surface area (TPSA) is 162 Å². The minimum atomic E-state index is -1.56. The van der Waals surface area contributed by atoms with E-state index in [0.29, 0.717) is 12.0 Å². The van der Waals surface area contributed by atoms with Crippen LogP contribution in [0.3, 0.4) is 0 Å². The molecule has 4 amide bonds. The van der Waals surface area contributed by atoms with Gasteiger partial charge in [-0.2, -0.15) is 0 Å². The number of nitrogens with two attached hydrogens (primary N) is 1. The van der Waals surface area contributed by atoms with E-state index in [1.54, 1.807) is 12.1 Å². The van der Waals surface area contributed by atoms with Crippen LogP contribution in [0.5, 0.6) is 0 Å². The largest absolute Gasteiger partial charge is 0.391 e. The molecule has 1 unspecified atom stereocenters. The fourth-order valence-electron chi connectivity index (χ4n) is 5.47. The van der Waals surface area contributed by atoms with E-state index in [2.05, 4.69) is 10.6 Å². The summed E-state index contributed by atoms with van der Waals surface area (Å²) in [7, 11) is 0. The molecule has 1 saturated carbocycles. The molecule has 1 saturated heterocycles. The van der Waals surface area contributed by atoms with Crippen LogP contribution in [0.25, 0.3) is 10.8 Å². The third kappa shape index (κ3) is 6.68. The maximum absolute atomic E-state index is 13.8.